The van der Waals surface area contributed by atoms with Crippen LogP contribution in [-0.2, 0) is 4.74 Å². The molecule has 2 aromatic carbocycles. The minimum atomic E-state index is -0.947. The van der Waals surface area contributed by atoms with Crippen molar-refractivity contribution in [3.05, 3.63) is 47.5 Å². The number of Topliss-reactive ketones (excluding diaryl/α,β-unsaturated/α-hetero) is 1. The highest BCUT2D eigenvalue weighted by atomic mass is 16.5. The number of rotatable bonds is 5. The fourth-order valence-corrected chi connectivity index (χ4v) is 2.78. The van der Waals surface area contributed by atoms with E-state index in [-0.39, 0.29) is 11.3 Å². The zero-order valence-electron chi connectivity index (χ0n) is 12.8. The van der Waals surface area contributed by atoms with E-state index in [0.29, 0.717) is 12.0 Å². The van der Waals surface area contributed by atoms with Crippen LogP contribution in [0.4, 0.5) is 0 Å². The number of carbonyl (C=O) groups excluding carboxylic acids is 1. The number of ether oxygens (including phenoxy) is 1. The van der Waals surface area contributed by atoms with Gasteiger partial charge in [0.05, 0.1) is 18.8 Å². The van der Waals surface area contributed by atoms with Crippen LogP contribution in [0.5, 0.6) is 0 Å². The SMILES string of the molecule is O=C(O)c1ccc2cc(C(=O)CCN3CCOCC3)ccc2c1. The molecule has 0 saturated carbocycles. The van der Waals surface area contributed by atoms with E-state index in [2.05, 4.69) is 4.90 Å². The minimum Gasteiger partial charge on any atom is -0.478 e. The summed E-state index contributed by atoms with van der Waals surface area (Å²) in [6.07, 6.45) is 0.485. The zero-order valence-corrected chi connectivity index (χ0v) is 12.8. The van der Waals surface area contributed by atoms with Crippen LogP contribution in [0.3, 0.4) is 0 Å². The second-order valence-corrected chi connectivity index (χ2v) is 5.71. The van der Waals surface area contributed by atoms with E-state index in [1.807, 2.05) is 12.1 Å². The molecule has 0 aliphatic carbocycles. The highest BCUT2D eigenvalue weighted by molar-refractivity contribution is 6.01. The van der Waals surface area contributed by atoms with Crippen LogP contribution in [-0.4, -0.2) is 54.6 Å². The second kappa shape index (κ2) is 6.89. The number of fused-ring (bicyclic) bond motifs is 1. The highest BCUT2D eigenvalue weighted by Crippen LogP contribution is 2.19. The summed E-state index contributed by atoms with van der Waals surface area (Å²) in [5.74, 6) is -0.835. The molecule has 1 N–H and O–H groups in total. The molecule has 0 aromatic heterocycles. The summed E-state index contributed by atoms with van der Waals surface area (Å²) in [6, 6.07) is 10.4. The lowest BCUT2D eigenvalue weighted by molar-refractivity contribution is 0.0370. The van der Waals surface area contributed by atoms with Crippen LogP contribution in [0.15, 0.2) is 36.4 Å². The van der Waals surface area contributed by atoms with Crippen LogP contribution >= 0.6 is 0 Å². The molecule has 23 heavy (non-hydrogen) atoms. The van der Waals surface area contributed by atoms with Gasteiger partial charge in [-0.25, -0.2) is 4.79 Å². The van der Waals surface area contributed by atoms with Gasteiger partial charge in [-0.3, -0.25) is 9.69 Å². The summed E-state index contributed by atoms with van der Waals surface area (Å²) in [6.45, 7) is 3.97. The van der Waals surface area contributed by atoms with Crippen molar-refractivity contribution in [3.63, 3.8) is 0 Å². The minimum absolute atomic E-state index is 0.112. The van der Waals surface area contributed by atoms with E-state index in [0.717, 1.165) is 43.6 Å². The van der Waals surface area contributed by atoms with Crippen LogP contribution in [0.25, 0.3) is 10.8 Å². The molecule has 5 nitrogen and oxygen atoms in total. The van der Waals surface area contributed by atoms with Gasteiger partial charge < -0.3 is 9.84 Å². The van der Waals surface area contributed by atoms with Crippen LogP contribution in [0.1, 0.15) is 27.1 Å². The lowest BCUT2D eigenvalue weighted by Crippen LogP contribution is -2.37. The number of hydrogen-bond acceptors (Lipinski definition) is 4. The number of carbonyl (C=O) groups is 2. The average Bonchev–Trinajstić information content (AvgIpc) is 2.59. The van der Waals surface area contributed by atoms with Gasteiger partial charge in [0.25, 0.3) is 0 Å². The van der Waals surface area contributed by atoms with Crippen molar-refractivity contribution in [1.29, 1.82) is 0 Å². The average molecular weight is 313 g/mol. The molecule has 1 aliphatic heterocycles. The summed E-state index contributed by atoms with van der Waals surface area (Å²) < 4.78 is 5.30. The summed E-state index contributed by atoms with van der Waals surface area (Å²) in [4.78, 5) is 25.6. The van der Waals surface area contributed by atoms with E-state index in [4.69, 9.17) is 9.84 Å². The first-order valence-corrected chi connectivity index (χ1v) is 7.74. The first-order chi connectivity index (χ1) is 11.1. The topological polar surface area (TPSA) is 66.8 Å². The summed E-state index contributed by atoms with van der Waals surface area (Å²) >= 11 is 0. The Balaban J connectivity index is 1.70. The summed E-state index contributed by atoms with van der Waals surface area (Å²) in [5, 5.41) is 10.7. The molecule has 0 bridgehead atoms. The quantitative estimate of drug-likeness (QED) is 0.859. The molecular weight excluding hydrogens is 294 g/mol. The molecule has 120 valence electrons. The first kappa shape index (κ1) is 15.6. The summed E-state index contributed by atoms with van der Waals surface area (Å²) in [7, 11) is 0. The van der Waals surface area contributed by atoms with Gasteiger partial charge in [-0.05, 0) is 29.0 Å². The van der Waals surface area contributed by atoms with E-state index >= 15 is 0 Å². The van der Waals surface area contributed by atoms with Crippen molar-refractivity contribution in [3.8, 4) is 0 Å². The number of carboxylic acid groups (broad SMARTS) is 1. The van der Waals surface area contributed by atoms with Crippen LogP contribution in [0, 0.1) is 0 Å². The molecule has 1 fully saturated rings. The third kappa shape index (κ3) is 3.75. The van der Waals surface area contributed by atoms with E-state index in [1.165, 1.54) is 0 Å². The number of aromatic carboxylic acids is 1. The Hall–Kier alpha value is -2.24. The van der Waals surface area contributed by atoms with Crippen LogP contribution in [0.2, 0.25) is 0 Å². The standard InChI is InChI=1S/C18H19NO4/c20-17(5-6-19-7-9-23-10-8-19)15-3-1-14-12-16(18(21)22)4-2-13(14)11-15/h1-4,11-12H,5-10H2,(H,21,22). The lowest BCUT2D eigenvalue weighted by atomic mass is 10.0. The van der Waals surface area contributed by atoms with Gasteiger partial charge in [0, 0.05) is 31.6 Å². The number of nitrogens with zero attached hydrogens (tertiary/aromatic N) is 1. The van der Waals surface area contributed by atoms with Gasteiger partial charge in [-0.15, -0.1) is 0 Å². The van der Waals surface area contributed by atoms with Crippen molar-refractivity contribution >= 4 is 22.5 Å². The lowest BCUT2D eigenvalue weighted by Gasteiger charge is -2.26. The van der Waals surface area contributed by atoms with Gasteiger partial charge in [-0.1, -0.05) is 18.2 Å². The number of ketones is 1. The number of morpholine rings is 1. The molecule has 0 radical (unpaired) electrons. The number of carboxylic acids is 1. The van der Waals surface area contributed by atoms with Gasteiger partial charge >= 0.3 is 5.97 Å². The Morgan fingerprint density at radius 3 is 2.26 bits per heavy atom. The largest absolute Gasteiger partial charge is 0.478 e. The molecule has 1 heterocycles. The monoisotopic (exact) mass is 313 g/mol. The van der Waals surface area contributed by atoms with E-state index in [1.54, 1.807) is 24.3 Å². The smallest absolute Gasteiger partial charge is 0.335 e. The molecule has 5 heteroatoms. The molecule has 3 rings (SSSR count). The van der Waals surface area contributed by atoms with Gasteiger partial charge in [-0.2, -0.15) is 0 Å². The fourth-order valence-electron chi connectivity index (χ4n) is 2.78. The Labute approximate surface area is 134 Å². The molecule has 0 unspecified atom stereocenters. The third-order valence-corrected chi connectivity index (χ3v) is 4.17. The van der Waals surface area contributed by atoms with Crippen molar-refractivity contribution in [2.24, 2.45) is 0 Å². The maximum absolute atomic E-state index is 12.4. The van der Waals surface area contributed by atoms with Crippen molar-refractivity contribution in [2.45, 2.75) is 6.42 Å². The molecule has 0 atom stereocenters. The van der Waals surface area contributed by atoms with Gasteiger partial charge in [0.2, 0.25) is 0 Å². The predicted octanol–water partition coefficient (Wildman–Crippen LogP) is 2.44. The Morgan fingerprint density at radius 2 is 1.61 bits per heavy atom. The zero-order chi connectivity index (χ0) is 16.2. The maximum atomic E-state index is 12.4. The van der Waals surface area contributed by atoms with E-state index in [9.17, 15) is 9.59 Å². The van der Waals surface area contributed by atoms with Crippen LogP contribution < -0.4 is 0 Å². The van der Waals surface area contributed by atoms with Crippen molar-refractivity contribution < 1.29 is 19.4 Å². The molecule has 0 amide bonds. The Bertz CT molecular complexity index is 735. The van der Waals surface area contributed by atoms with E-state index < -0.39 is 5.97 Å². The Kier molecular flexibility index (Phi) is 4.69. The molecular formula is C18H19NO4. The molecule has 1 saturated heterocycles. The fraction of sp³-hybridized carbons (Fsp3) is 0.333. The Morgan fingerprint density at radius 1 is 1.00 bits per heavy atom. The highest BCUT2D eigenvalue weighted by Gasteiger charge is 2.13. The summed E-state index contributed by atoms with van der Waals surface area (Å²) in [5.41, 5.74) is 0.928. The molecule has 2 aromatic rings. The van der Waals surface area contributed by atoms with Crippen molar-refractivity contribution in [2.75, 3.05) is 32.8 Å². The molecule has 1 aliphatic rings. The van der Waals surface area contributed by atoms with Gasteiger partial charge in [0.1, 0.15) is 0 Å². The molecule has 0 spiro atoms. The predicted molar refractivity (Wildman–Crippen MR) is 87.1 cm³/mol. The van der Waals surface area contributed by atoms with Crippen molar-refractivity contribution in [1.82, 2.24) is 4.90 Å². The normalized spacial score (nSPS) is 15.7. The van der Waals surface area contributed by atoms with Gasteiger partial charge in [0.15, 0.2) is 5.78 Å². The maximum Gasteiger partial charge on any atom is 0.335 e. The second-order valence-electron chi connectivity index (χ2n) is 5.71. The third-order valence-electron chi connectivity index (χ3n) is 4.17. The first-order valence-electron chi connectivity index (χ1n) is 7.74. The number of benzene rings is 2. The number of hydrogen-bond donors (Lipinski definition) is 1.